The zero-order chi connectivity index (χ0) is 24.2. The van der Waals surface area contributed by atoms with E-state index in [1.807, 2.05) is 24.3 Å². The first kappa shape index (κ1) is 27.6. The monoisotopic (exact) mass is 507 g/mol. The smallest absolute Gasteiger partial charge is 0.250 e. The van der Waals surface area contributed by atoms with Crippen molar-refractivity contribution in [3.05, 3.63) is 64.4 Å². The van der Waals surface area contributed by atoms with E-state index in [1.54, 1.807) is 24.1 Å². The number of likely N-dealkylation sites (N-methyl/N-ethyl adjacent to an activating group) is 1. The van der Waals surface area contributed by atoms with E-state index in [0.29, 0.717) is 30.1 Å². The molecule has 1 aliphatic rings. The van der Waals surface area contributed by atoms with E-state index in [0.717, 1.165) is 12.0 Å². The Morgan fingerprint density at radius 3 is 2.62 bits per heavy atom. The second-order valence-electron chi connectivity index (χ2n) is 8.66. The van der Waals surface area contributed by atoms with Gasteiger partial charge in [-0.1, -0.05) is 23.7 Å². The second-order valence-corrected chi connectivity index (χ2v) is 9.09. The van der Waals surface area contributed by atoms with Crippen LogP contribution < -0.4 is 16.8 Å². The quantitative estimate of drug-likeness (QED) is 0.528. The fraction of sp³-hybridized carbons (Fsp3) is 0.417. The maximum Gasteiger partial charge on any atom is 0.250 e. The van der Waals surface area contributed by atoms with Gasteiger partial charge in [0.1, 0.15) is 0 Å². The SMILES string of the molecule is CC(=O)NC1CC(CN)(c2cccc(Cl)c2)CCC1N(C)C(=O)Cc1ncccc1C(N)=O.Cl. The van der Waals surface area contributed by atoms with E-state index >= 15 is 0 Å². The summed E-state index contributed by atoms with van der Waals surface area (Å²) < 4.78 is 0. The summed E-state index contributed by atoms with van der Waals surface area (Å²) in [6.45, 7) is 1.85. The minimum Gasteiger partial charge on any atom is -0.366 e. The van der Waals surface area contributed by atoms with Crippen molar-refractivity contribution in [2.75, 3.05) is 13.6 Å². The van der Waals surface area contributed by atoms with E-state index < -0.39 is 5.91 Å². The van der Waals surface area contributed by atoms with Crippen LogP contribution in [0.15, 0.2) is 42.6 Å². The number of primary amides is 1. The third-order valence-corrected chi connectivity index (χ3v) is 6.81. The highest BCUT2D eigenvalue weighted by atomic mass is 35.5. The number of aromatic nitrogens is 1. The number of carbonyl (C=O) groups is 3. The van der Waals surface area contributed by atoms with Gasteiger partial charge in [-0.3, -0.25) is 19.4 Å². The third-order valence-electron chi connectivity index (χ3n) is 6.58. The summed E-state index contributed by atoms with van der Waals surface area (Å²) in [6, 6.07) is 10.3. The van der Waals surface area contributed by atoms with Gasteiger partial charge < -0.3 is 21.7 Å². The number of hydrogen-bond acceptors (Lipinski definition) is 5. The van der Waals surface area contributed by atoms with Crippen molar-refractivity contribution in [3.63, 3.8) is 0 Å². The second kappa shape index (κ2) is 11.6. The van der Waals surface area contributed by atoms with Gasteiger partial charge in [-0.2, -0.15) is 0 Å². The van der Waals surface area contributed by atoms with E-state index in [9.17, 15) is 14.4 Å². The zero-order valence-electron chi connectivity index (χ0n) is 19.3. The lowest BCUT2D eigenvalue weighted by molar-refractivity contribution is -0.134. The largest absolute Gasteiger partial charge is 0.366 e. The average Bonchev–Trinajstić information content (AvgIpc) is 2.78. The van der Waals surface area contributed by atoms with E-state index in [2.05, 4.69) is 10.3 Å². The topological polar surface area (TPSA) is 131 Å². The summed E-state index contributed by atoms with van der Waals surface area (Å²) in [4.78, 5) is 42.7. The number of amides is 3. The highest BCUT2D eigenvalue weighted by molar-refractivity contribution is 6.30. The molecule has 10 heteroatoms. The molecule has 2 aromatic rings. The van der Waals surface area contributed by atoms with Gasteiger partial charge in [0, 0.05) is 37.2 Å². The van der Waals surface area contributed by atoms with Crippen LogP contribution in [0.1, 0.15) is 47.8 Å². The molecular formula is C24H31Cl2N5O3. The highest BCUT2D eigenvalue weighted by Crippen LogP contribution is 2.41. The van der Waals surface area contributed by atoms with Crippen LogP contribution in [0.3, 0.4) is 0 Å². The van der Waals surface area contributed by atoms with Crippen molar-refractivity contribution in [2.24, 2.45) is 11.5 Å². The molecule has 1 heterocycles. The Hall–Kier alpha value is -2.68. The molecule has 0 bridgehead atoms. The summed E-state index contributed by atoms with van der Waals surface area (Å²) in [5.74, 6) is -1.01. The van der Waals surface area contributed by atoms with Gasteiger partial charge in [0.2, 0.25) is 11.8 Å². The Bertz CT molecular complexity index is 1050. The number of benzene rings is 1. The molecule has 3 unspecified atom stereocenters. The van der Waals surface area contributed by atoms with Crippen LogP contribution in [-0.4, -0.2) is 53.3 Å². The molecule has 1 fully saturated rings. The van der Waals surface area contributed by atoms with Gasteiger partial charge in [0.05, 0.1) is 29.8 Å². The number of nitrogens with one attached hydrogen (secondary N) is 1. The van der Waals surface area contributed by atoms with Crippen molar-refractivity contribution in [2.45, 2.75) is 50.1 Å². The Balaban J connectivity index is 0.00000408. The molecule has 1 aliphatic carbocycles. The normalized spacial score (nSPS) is 21.8. The Morgan fingerprint density at radius 1 is 1.26 bits per heavy atom. The molecule has 34 heavy (non-hydrogen) atoms. The molecule has 5 N–H and O–H groups in total. The minimum absolute atomic E-state index is 0. The fourth-order valence-electron chi connectivity index (χ4n) is 4.80. The first-order chi connectivity index (χ1) is 15.7. The Morgan fingerprint density at radius 2 is 2.00 bits per heavy atom. The standard InChI is InChI=1S/C24H30ClN5O3.ClH/c1-15(31)29-20-13-24(14-26,16-5-3-6-17(25)11-16)9-8-21(20)30(2)22(32)12-19-18(23(27)33)7-4-10-28-19;/h3-7,10-11,20-21H,8-9,12-14,26H2,1-2H3,(H2,27,33)(H,29,31);1H. The number of rotatable bonds is 7. The van der Waals surface area contributed by atoms with Gasteiger partial charge in [0.25, 0.3) is 5.91 Å². The fourth-order valence-corrected chi connectivity index (χ4v) is 4.99. The molecule has 1 aromatic heterocycles. The molecule has 0 radical (unpaired) electrons. The minimum atomic E-state index is -0.628. The van der Waals surface area contributed by atoms with Crippen LogP contribution in [0.4, 0.5) is 0 Å². The number of pyridine rings is 1. The third kappa shape index (κ3) is 6.05. The highest BCUT2D eigenvalue weighted by Gasteiger charge is 2.44. The first-order valence-corrected chi connectivity index (χ1v) is 11.3. The Labute approximate surface area is 210 Å². The maximum atomic E-state index is 13.1. The summed E-state index contributed by atoms with van der Waals surface area (Å²) in [7, 11) is 1.71. The number of halogens is 2. The summed E-state index contributed by atoms with van der Waals surface area (Å²) in [5.41, 5.74) is 12.9. The maximum absolute atomic E-state index is 13.1. The average molecular weight is 508 g/mol. The van der Waals surface area contributed by atoms with Crippen LogP contribution in [0.5, 0.6) is 0 Å². The zero-order valence-corrected chi connectivity index (χ0v) is 20.9. The lowest BCUT2D eigenvalue weighted by Gasteiger charge is -2.47. The molecule has 3 rings (SSSR count). The van der Waals surface area contributed by atoms with Crippen LogP contribution in [0.2, 0.25) is 5.02 Å². The van der Waals surface area contributed by atoms with Gasteiger partial charge in [0.15, 0.2) is 0 Å². The van der Waals surface area contributed by atoms with E-state index in [4.69, 9.17) is 23.1 Å². The molecular weight excluding hydrogens is 477 g/mol. The van der Waals surface area contributed by atoms with Crippen molar-refractivity contribution >= 4 is 41.7 Å². The molecule has 0 saturated heterocycles. The molecule has 0 aliphatic heterocycles. The molecule has 3 atom stereocenters. The van der Waals surface area contributed by atoms with Gasteiger partial charge in [-0.25, -0.2) is 0 Å². The van der Waals surface area contributed by atoms with Crippen LogP contribution in [0.25, 0.3) is 0 Å². The number of carbonyl (C=O) groups excluding carboxylic acids is 3. The van der Waals surface area contributed by atoms with Crippen LogP contribution in [0, 0.1) is 0 Å². The number of hydrogen-bond donors (Lipinski definition) is 3. The lowest BCUT2D eigenvalue weighted by Crippen LogP contribution is -2.59. The van der Waals surface area contributed by atoms with E-state index in [-0.39, 0.29) is 53.7 Å². The molecule has 184 valence electrons. The molecule has 0 spiro atoms. The molecule has 1 aromatic carbocycles. The number of nitrogens with zero attached hydrogens (tertiary/aromatic N) is 2. The summed E-state index contributed by atoms with van der Waals surface area (Å²) in [6.07, 6.45) is 3.41. The number of nitrogens with two attached hydrogens (primary N) is 2. The molecule has 3 amide bonds. The summed E-state index contributed by atoms with van der Waals surface area (Å²) >= 11 is 6.23. The van der Waals surface area contributed by atoms with Crippen molar-refractivity contribution in [3.8, 4) is 0 Å². The Kier molecular flexibility index (Phi) is 9.44. The van der Waals surface area contributed by atoms with Gasteiger partial charge >= 0.3 is 0 Å². The lowest BCUT2D eigenvalue weighted by atomic mass is 9.66. The van der Waals surface area contributed by atoms with Gasteiger partial charge in [-0.15, -0.1) is 12.4 Å². The van der Waals surface area contributed by atoms with Crippen molar-refractivity contribution in [1.29, 1.82) is 0 Å². The van der Waals surface area contributed by atoms with E-state index in [1.165, 1.54) is 13.1 Å². The predicted molar refractivity (Wildman–Crippen MR) is 134 cm³/mol. The van der Waals surface area contributed by atoms with Crippen LogP contribution in [-0.2, 0) is 21.4 Å². The first-order valence-electron chi connectivity index (χ1n) is 10.9. The predicted octanol–water partition coefficient (Wildman–Crippen LogP) is 2.21. The van der Waals surface area contributed by atoms with Crippen molar-refractivity contribution in [1.82, 2.24) is 15.2 Å². The molecule has 8 nitrogen and oxygen atoms in total. The van der Waals surface area contributed by atoms with Gasteiger partial charge in [-0.05, 0) is 49.1 Å². The van der Waals surface area contributed by atoms with Crippen LogP contribution >= 0.6 is 24.0 Å². The van der Waals surface area contributed by atoms with Crippen molar-refractivity contribution < 1.29 is 14.4 Å². The molecule has 1 saturated carbocycles. The summed E-state index contributed by atoms with van der Waals surface area (Å²) in [5, 5.41) is 3.65.